The molecular formula is C18H26N4O. The van der Waals surface area contributed by atoms with E-state index in [-0.39, 0.29) is 12.5 Å². The SMILES string of the molecule is Cc1nn(CC(=O)NCCN2CCCCCC2)c2ccccc12. The molecule has 0 radical (unpaired) electrons. The highest BCUT2D eigenvalue weighted by atomic mass is 16.2. The summed E-state index contributed by atoms with van der Waals surface area (Å²) in [5.74, 6) is 0.0353. The van der Waals surface area contributed by atoms with Crippen molar-refractivity contribution in [3.05, 3.63) is 30.0 Å². The second kappa shape index (κ2) is 7.59. The number of carbonyl (C=O) groups excluding carboxylic acids is 1. The van der Waals surface area contributed by atoms with Crippen molar-refractivity contribution in [3.8, 4) is 0 Å². The van der Waals surface area contributed by atoms with Crippen molar-refractivity contribution in [3.63, 3.8) is 0 Å². The first kappa shape index (κ1) is 16.0. The van der Waals surface area contributed by atoms with Gasteiger partial charge in [0.25, 0.3) is 0 Å². The Kier molecular flexibility index (Phi) is 5.28. The summed E-state index contributed by atoms with van der Waals surface area (Å²) in [4.78, 5) is 14.6. The number of carbonyl (C=O) groups is 1. The molecule has 0 saturated carbocycles. The number of likely N-dealkylation sites (tertiary alicyclic amines) is 1. The van der Waals surface area contributed by atoms with Crippen molar-refractivity contribution in [2.75, 3.05) is 26.2 Å². The average molecular weight is 314 g/mol. The monoisotopic (exact) mass is 314 g/mol. The van der Waals surface area contributed by atoms with E-state index in [1.807, 2.05) is 31.2 Å². The number of hydrogen-bond donors (Lipinski definition) is 1. The van der Waals surface area contributed by atoms with Crippen LogP contribution < -0.4 is 5.32 Å². The lowest BCUT2D eigenvalue weighted by molar-refractivity contribution is -0.121. The summed E-state index contributed by atoms with van der Waals surface area (Å²) in [5, 5.41) is 8.63. The molecule has 2 aromatic rings. The standard InChI is InChI=1S/C18H26N4O/c1-15-16-8-4-5-9-17(16)22(20-15)14-18(23)19-10-13-21-11-6-2-3-7-12-21/h4-5,8-9H,2-3,6-7,10-14H2,1H3,(H,19,23). The summed E-state index contributed by atoms with van der Waals surface area (Å²) in [7, 11) is 0. The minimum atomic E-state index is 0.0353. The van der Waals surface area contributed by atoms with Crippen molar-refractivity contribution in [1.29, 1.82) is 0 Å². The Morgan fingerprint density at radius 2 is 1.91 bits per heavy atom. The molecule has 0 aliphatic carbocycles. The van der Waals surface area contributed by atoms with Gasteiger partial charge in [0.2, 0.25) is 5.91 Å². The van der Waals surface area contributed by atoms with Crippen LogP contribution in [0.5, 0.6) is 0 Å². The molecule has 5 nitrogen and oxygen atoms in total. The Morgan fingerprint density at radius 1 is 1.17 bits per heavy atom. The fraction of sp³-hybridized carbons (Fsp3) is 0.556. The second-order valence-electron chi connectivity index (χ2n) is 6.37. The van der Waals surface area contributed by atoms with Crippen LogP contribution in [0, 0.1) is 6.92 Å². The number of para-hydroxylation sites is 1. The molecule has 1 aromatic heterocycles. The van der Waals surface area contributed by atoms with Gasteiger partial charge in [0.1, 0.15) is 6.54 Å². The lowest BCUT2D eigenvalue weighted by Crippen LogP contribution is -2.36. The number of rotatable bonds is 5. The smallest absolute Gasteiger partial charge is 0.241 e. The van der Waals surface area contributed by atoms with E-state index >= 15 is 0 Å². The van der Waals surface area contributed by atoms with Crippen molar-refractivity contribution in [2.45, 2.75) is 39.2 Å². The Labute approximate surface area is 137 Å². The van der Waals surface area contributed by atoms with Crippen LogP contribution in [0.15, 0.2) is 24.3 Å². The first-order valence-electron chi connectivity index (χ1n) is 8.65. The van der Waals surface area contributed by atoms with Gasteiger partial charge in [-0.05, 0) is 38.9 Å². The van der Waals surface area contributed by atoms with E-state index in [2.05, 4.69) is 15.3 Å². The summed E-state index contributed by atoms with van der Waals surface area (Å²) in [6.45, 7) is 6.27. The molecule has 5 heteroatoms. The van der Waals surface area contributed by atoms with E-state index in [9.17, 15) is 4.79 Å². The minimum Gasteiger partial charge on any atom is -0.353 e. The van der Waals surface area contributed by atoms with Crippen molar-refractivity contribution >= 4 is 16.8 Å². The summed E-state index contributed by atoms with van der Waals surface area (Å²) in [6.07, 6.45) is 5.25. The van der Waals surface area contributed by atoms with Gasteiger partial charge in [-0.2, -0.15) is 5.10 Å². The lowest BCUT2D eigenvalue weighted by atomic mass is 10.2. The number of amides is 1. The summed E-state index contributed by atoms with van der Waals surface area (Å²) in [5.41, 5.74) is 1.99. The second-order valence-corrected chi connectivity index (χ2v) is 6.37. The topological polar surface area (TPSA) is 50.2 Å². The van der Waals surface area contributed by atoms with E-state index in [4.69, 9.17) is 0 Å². The van der Waals surface area contributed by atoms with Crippen molar-refractivity contribution in [2.24, 2.45) is 0 Å². The summed E-state index contributed by atoms with van der Waals surface area (Å²) >= 11 is 0. The zero-order valence-electron chi connectivity index (χ0n) is 13.9. The maximum atomic E-state index is 12.2. The van der Waals surface area contributed by atoms with E-state index in [0.717, 1.165) is 29.7 Å². The predicted octanol–water partition coefficient (Wildman–Crippen LogP) is 2.34. The molecule has 1 aliphatic rings. The molecule has 1 N–H and O–H groups in total. The van der Waals surface area contributed by atoms with E-state index in [1.165, 1.54) is 38.8 Å². The molecule has 1 saturated heterocycles. The zero-order valence-corrected chi connectivity index (χ0v) is 13.9. The maximum Gasteiger partial charge on any atom is 0.241 e. The van der Waals surface area contributed by atoms with Crippen molar-refractivity contribution in [1.82, 2.24) is 20.0 Å². The molecule has 3 rings (SSSR count). The fourth-order valence-corrected chi connectivity index (χ4v) is 3.32. The van der Waals surface area contributed by atoms with Gasteiger partial charge in [-0.15, -0.1) is 0 Å². The number of benzene rings is 1. The van der Waals surface area contributed by atoms with E-state index in [0.29, 0.717) is 0 Å². The quantitative estimate of drug-likeness (QED) is 0.921. The fourth-order valence-electron chi connectivity index (χ4n) is 3.32. The van der Waals surface area contributed by atoms with Crippen LogP contribution in [0.1, 0.15) is 31.4 Å². The van der Waals surface area contributed by atoms with E-state index in [1.54, 1.807) is 4.68 Å². The number of aryl methyl sites for hydroxylation is 1. The number of aromatic nitrogens is 2. The molecule has 1 fully saturated rings. The summed E-state index contributed by atoms with van der Waals surface area (Å²) < 4.78 is 1.80. The normalized spacial score (nSPS) is 16.4. The molecule has 0 unspecified atom stereocenters. The van der Waals surface area contributed by atoms with Gasteiger partial charge in [-0.1, -0.05) is 31.0 Å². The Hall–Kier alpha value is -1.88. The van der Waals surface area contributed by atoms with Gasteiger partial charge in [0.15, 0.2) is 0 Å². The van der Waals surface area contributed by atoms with Crippen LogP contribution in [-0.4, -0.2) is 46.8 Å². The highest BCUT2D eigenvalue weighted by Gasteiger charge is 2.11. The number of nitrogens with one attached hydrogen (secondary N) is 1. The first-order chi connectivity index (χ1) is 11.2. The highest BCUT2D eigenvalue weighted by Crippen LogP contribution is 2.17. The molecule has 2 heterocycles. The first-order valence-corrected chi connectivity index (χ1v) is 8.65. The van der Waals surface area contributed by atoms with Gasteiger partial charge in [0, 0.05) is 18.5 Å². The molecule has 23 heavy (non-hydrogen) atoms. The third-order valence-corrected chi connectivity index (χ3v) is 4.58. The van der Waals surface area contributed by atoms with Crippen LogP contribution in [-0.2, 0) is 11.3 Å². The molecule has 0 bridgehead atoms. The third-order valence-electron chi connectivity index (χ3n) is 4.58. The molecule has 0 spiro atoms. The Balaban J connectivity index is 1.50. The Morgan fingerprint density at radius 3 is 2.70 bits per heavy atom. The maximum absolute atomic E-state index is 12.2. The third kappa shape index (κ3) is 4.10. The van der Waals surface area contributed by atoms with Gasteiger partial charge < -0.3 is 10.2 Å². The Bertz CT molecular complexity index is 656. The minimum absolute atomic E-state index is 0.0353. The van der Waals surface area contributed by atoms with E-state index < -0.39 is 0 Å². The lowest BCUT2D eigenvalue weighted by Gasteiger charge is -2.19. The van der Waals surface area contributed by atoms with Crippen LogP contribution in [0.4, 0.5) is 0 Å². The van der Waals surface area contributed by atoms with Crippen LogP contribution >= 0.6 is 0 Å². The predicted molar refractivity (Wildman–Crippen MR) is 92.4 cm³/mol. The molecule has 1 aromatic carbocycles. The summed E-state index contributed by atoms with van der Waals surface area (Å²) in [6, 6.07) is 8.05. The zero-order chi connectivity index (χ0) is 16.1. The van der Waals surface area contributed by atoms with Crippen molar-refractivity contribution < 1.29 is 4.79 Å². The van der Waals surface area contributed by atoms with Gasteiger partial charge in [-0.25, -0.2) is 0 Å². The average Bonchev–Trinajstić information content (AvgIpc) is 2.73. The van der Waals surface area contributed by atoms with Crippen LogP contribution in [0.25, 0.3) is 10.9 Å². The van der Waals surface area contributed by atoms with Gasteiger partial charge in [0.05, 0.1) is 11.2 Å². The number of fused-ring (bicyclic) bond motifs is 1. The molecule has 1 aliphatic heterocycles. The van der Waals surface area contributed by atoms with Crippen LogP contribution in [0.3, 0.4) is 0 Å². The van der Waals surface area contributed by atoms with Gasteiger partial charge >= 0.3 is 0 Å². The number of nitrogens with zero attached hydrogens (tertiary/aromatic N) is 3. The molecular weight excluding hydrogens is 288 g/mol. The van der Waals surface area contributed by atoms with Crippen LogP contribution in [0.2, 0.25) is 0 Å². The van der Waals surface area contributed by atoms with Gasteiger partial charge in [-0.3, -0.25) is 9.48 Å². The largest absolute Gasteiger partial charge is 0.353 e. The number of hydrogen-bond acceptors (Lipinski definition) is 3. The molecule has 0 atom stereocenters. The molecule has 124 valence electrons. The highest BCUT2D eigenvalue weighted by molar-refractivity contribution is 5.84. The molecule has 1 amide bonds.